The molecular weight excluding hydrogens is 372 g/mol. The third-order valence-corrected chi connectivity index (χ3v) is 5.13. The molecule has 0 bridgehead atoms. The SMILES string of the molecule is CN1C(=O)CC(C)(c2cccc(NC(=O)C3COc4ccccc4O3)c2)N=C1N. The molecule has 2 heterocycles. The van der Waals surface area contributed by atoms with E-state index in [1.165, 1.54) is 4.90 Å². The van der Waals surface area contributed by atoms with E-state index >= 15 is 0 Å². The molecule has 2 unspecified atom stereocenters. The molecular formula is C21H22N4O4. The Morgan fingerprint density at radius 3 is 2.76 bits per heavy atom. The number of anilines is 1. The minimum Gasteiger partial charge on any atom is -0.485 e. The van der Waals surface area contributed by atoms with Crippen LogP contribution in [0.4, 0.5) is 5.69 Å². The molecule has 0 fully saturated rings. The number of rotatable bonds is 3. The minimum absolute atomic E-state index is 0.110. The molecule has 0 saturated carbocycles. The van der Waals surface area contributed by atoms with Gasteiger partial charge in [-0.1, -0.05) is 24.3 Å². The van der Waals surface area contributed by atoms with E-state index in [1.54, 1.807) is 37.4 Å². The minimum atomic E-state index is -0.794. The first-order valence-electron chi connectivity index (χ1n) is 9.27. The van der Waals surface area contributed by atoms with Crippen LogP contribution < -0.4 is 20.5 Å². The van der Waals surface area contributed by atoms with Crippen molar-refractivity contribution in [2.75, 3.05) is 19.0 Å². The average Bonchev–Trinajstić information content (AvgIpc) is 2.72. The third kappa shape index (κ3) is 3.61. The molecule has 2 aromatic rings. The Morgan fingerprint density at radius 1 is 1.24 bits per heavy atom. The predicted molar refractivity (Wildman–Crippen MR) is 108 cm³/mol. The van der Waals surface area contributed by atoms with Gasteiger partial charge in [-0.05, 0) is 36.8 Å². The summed E-state index contributed by atoms with van der Waals surface area (Å²) in [7, 11) is 1.60. The fraction of sp³-hybridized carbons (Fsp3) is 0.286. The van der Waals surface area contributed by atoms with Gasteiger partial charge < -0.3 is 20.5 Å². The summed E-state index contributed by atoms with van der Waals surface area (Å²) in [6.45, 7) is 1.97. The van der Waals surface area contributed by atoms with Crippen molar-refractivity contribution in [2.24, 2.45) is 10.7 Å². The smallest absolute Gasteiger partial charge is 0.269 e. The number of aliphatic imine (C=N–C) groups is 1. The lowest BCUT2D eigenvalue weighted by molar-refractivity contribution is -0.128. The highest BCUT2D eigenvalue weighted by atomic mass is 16.6. The molecule has 8 heteroatoms. The van der Waals surface area contributed by atoms with Gasteiger partial charge in [0.15, 0.2) is 17.5 Å². The normalized spacial score (nSPS) is 23.4. The molecule has 2 aliphatic rings. The number of hydrogen-bond acceptors (Lipinski definition) is 6. The zero-order valence-corrected chi connectivity index (χ0v) is 16.2. The van der Waals surface area contributed by atoms with Crippen molar-refractivity contribution in [1.82, 2.24) is 4.90 Å². The fourth-order valence-electron chi connectivity index (χ4n) is 3.38. The molecule has 2 aromatic carbocycles. The highest BCUT2D eigenvalue weighted by molar-refractivity contribution is 5.99. The summed E-state index contributed by atoms with van der Waals surface area (Å²) in [6, 6.07) is 14.5. The third-order valence-electron chi connectivity index (χ3n) is 5.13. The predicted octanol–water partition coefficient (Wildman–Crippen LogP) is 1.86. The van der Waals surface area contributed by atoms with Crippen molar-refractivity contribution in [2.45, 2.75) is 25.0 Å². The number of amides is 2. The Hall–Kier alpha value is -3.55. The Labute approximate surface area is 168 Å². The van der Waals surface area contributed by atoms with Crippen LogP contribution in [0.3, 0.4) is 0 Å². The molecule has 2 aliphatic heterocycles. The number of nitrogens with two attached hydrogens (primary N) is 1. The second-order valence-corrected chi connectivity index (χ2v) is 7.31. The topological polar surface area (TPSA) is 106 Å². The van der Waals surface area contributed by atoms with Gasteiger partial charge in [0, 0.05) is 12.7 Å². The van der Waals surface area contributed by atoms with Gasteiger partial charge >= 0.3 is 0 Å². The standard InChI is InChI=1S/C21H22N4O4/c1-21(11-18(26)25(2)20(22)24-21)13-6-5-7-14(10-13)23-19(27)17-12-28-15-8-3-4-9-16(15)29-17/h3-10,17H,11-12H2,1-2H3,(H2,22,24)(H,23,27). The van der Waals surface area contributed by atoms with E-state index in [2.05, 4.69) is 10.3 Å². The first kappa shape index (κ1) is 18.8. The molecule has 0 spiro atoms. The number of carbonyl (C=O) groups excluding carboxylic acids is 2. The van der Waals surface area contributed by atoms with Crippen LogP contribution in [0.5, 0.6) is 11.5 Å². The van der Waals surface area contributed by atoms with E-state index in [0.29, 0.717) is 17.2 Å². The number of benzene rings is 2. The summed E-state index contributed by atoms with van der Waals surface area (Å²) in [5, 5.41) is 2.85. The fourth-order valence-corrected chi connectivity index (χ4v) is 3.38. The summed E-state index contributed by atoms with van der Waals surface area (Å²) in [5.74, 6) is 0.901. The molecule has 0 aromatic heterocycles. The van der Waals surface area contributed by atoms with Crippen LogP contribution in [-0.2, 0) is 15.1 Å². The number of fused-ring (bicyclic) bond motifs is 1. The van der Waals surface area contributed by atoms with E-state index in [0.717, 1.165) is 5.56 Å². The van der Waals surface area contributed by atoms with Crippen LogP contribution in [-0.4, -0.2) is 42.4 Å². The second-order valence-electron chi connectivity index (χ2n) is 7.31. The van der Waals surface area contributed by atoms with Crippen molar-refractivity contribution in [1.29, 1.82) is 0 Å². The largest absolute Gasteiger partial charge is 0.485 e. The zero-order chi connectivity index (χ0) is 20.6. The number of hydrogen-bond donors (Lipinski definition) is 2. The first-order chi connectivity index (χ1) is 13.9. The molecule has 150 valence electrons. The Morgan fingerprint density at radius 2 is 2.00 bits per heavy atom. The van der Waals surface area contributed by atoms with E-state index in [-0.39, 0.29) is 30.8 Å². The van der Waals surface area contributed by atoms with Gasteiger partial charge in [0.2, 0.25) is 12.0 Å². The van der Waals surface area contributed by atoms with Crippen molar-refractivity contribution < 1.29 is 19.1 Å². The quantitative estimate of drug-likeness (QED) is 0.826. The van der Waals surface area contributed by atoms with E-state index in [4.69, 9.17) is 15.2 Å². The lowest BCUT2D eigenvalue weighted by Crippen LogP contribution is -2.47. The monoisotopic (exact) mass is 394 g/mol. The Bertz CT molecular complexity index is 1010. The molecule has 2 amide bonds. The van der Waals surface area contributed by atoms with Gasteiger partial charge in [-0.2, -0.15) is 0 Å². The van der Waals surface area contributed by atoms with Crippen LogP contribution in [0.1, 0.15) is 18.9 Å². The number of para-hydroxylation sites is 2. The number of guanidine groups is 1. The Kier molecular flexibility index (Phi) is 4.62. The van der Waals surface area contributed by atoms with E-state index in [1.807, 2.05) is 25.1 Å². The van der Waals surface area contributed by atoms with Crippen LogP contribution in [0, 0.1) is 0 Å². The molecule has 29 heavy (non-hydrogen) atoms. The highest BCUT2D eigenvalue weighted by Crippen LogP contribution is 2.34. The first-order valence-corrected chi connectivity index (χ1v) is 9.27. The molecule has 2 atom stereocenters. The summed E-state index contributed by atoms with van der Waals surface area (Å²) in [5.41, 5.74) is 6.46. The van der Waals surface area contributed by atoms with E-state index in [9.17, 15) is 9.59 Å². The maximum Gasteiger partial charge on any atom is 0.269 e. The lowest BCUT2D eigenvalue weighted by Gasteiger charge is -2.33. The number of ether oxygens (including phenoxy) is 2. The summed E-state index contributed by atoms with van der Waals surface area (Å²) in [4.78, 5) is 30.7. The maximum atomic E-state index is 12.7. The van der Waals surface area contributed by atoms with Gasteiger partial charge in [-0.15, -0.1) is 0 Å². The van der Waals surface area contributed by atoms with E-state index < -0.39 is 11.6 Å². The summed E-state index contributed by atoms with van der Waals surface area (Å²) < 4.78 is 11.4. The van der Waals surface area contributed by atoms with Gasteiger partial charge in [0.25, 0.3) is 5.91 Å². The molecule has 8 nitrogen and oxygen atoms in total. The Balaban J connectivity index is 1.51. The van der Waals surface area contributed by atoms with Gasteiger partial charge in [0.05, 0.1) is 12.0 Å². The van der Waals surface area contributed by atoms with Crippen molar-refractivity contribution in [3.8, 4) is 11.5 Å². The average molecular weight is 394 g/mol. The number of nitrogens with zero attached hydrogens (tertiary/aromatic N) is 2. The lowest BCUT2D eigenvalue weighted by atomic mass is 9.87. The molecule has 4 rings (SSSR count). The molecule has 0 aliphatic carbocycles. The highest BCUT2D eigenvalue weighted by Gasteiger charge is 2.36. The van der Waals surface area contributed by atoms with Crippen molar-refractivity contribution in [3.05, 3.63) is 54.1 Å². The maximum absolute atomic E-state index is 12.7. The number of carbonyl (C=O) groups is 2. The van der Waals surface area contributed by atoms with Crippen molar-refractivity contribution in [3.63, 3.8) is 0 Å². The molecule has 0 radical (unpaired) electrons. The van der Waals surface area contributed by atoms with Crippen LogP contribution in [0.2, 0.25) is 0 Å². The molecule has 3 N–H and O–H groups in total. The number of nitrogens with one attached hydrogen (secondary N) is 1. The van der Waals surface area contributed by atoms with Crippen LogP contribution in [0.15, 0.2) is 53.5 Å². The second kappa shape index (κ2) is 7.12. The zero-order valence-electron chi connectivity index (χ0n) is 16.2. The molecule has 0 saturated heterocycles. The van der Waals surface area contributed by atoms with Gasteiger partial charge in [-0.3, -0.25) is 14.5 Å². The summed E-state index contributed by atoms with van der Waals surface area (Å²) in [6.07, 6.45) is -0.569. The summed E-state index contributed by atoms with van der Waals surface area (Å²) >= 11 is 0. The van der Waals surface area contributed by atoms with Crippen molar-refractivity contribution >= 4 is 23.5 Å². The van der Waals surface area contributed by atoms with Gasteiger partial charge in [-0.25, -0.2) is 4.99 Å². The van der Waals surface area contributed by atoms with Crippen LogP contribution in [0.25, 0.3) is 0 Å². The van der Waals surface area contributed by atoms with Crippen LogP contribution >= 0.6 is 0 Å². The van der Waals surface area contributed by atoms with Gasteiger partial charge in [0.1, 0.15) is 6.61 Å².